The first-order valence-electron chi connectivity index (χ1n) is 8.90. The first kappa shape index (κ1) is 23.3. The summed E-state index contributed by atoms with van der Waals surface area (Å²) < 4.78 is 36.4. The standard InChI is InChI=1S/C19H17Cl2NO8S/c20-12-2-1-11(15(21)9-12)10-30-13-3-5-14(6-4-13)31(27,28)16-7-8-29-19(24)17(16)18(23)22(25)26/h1-6,9,16-17,25-26H,7-8,10H2. The Labute approximate surface area is 187 Å². The molecule has 2 unspecified atom stereocenters. The summed E-state index contributed by atoms with van der Waals surface area (Å²) in [6, 6.07) is 10.3. The van der Waals surface area contributed by atoms with Gasteiger partial charge in [0.05, 0.1) is 16.8 Å². The number of halogens is 2. The summed E-state index contributed by atoms with van der Waals surface area (Å²) in [5.41, 5.74) is 0.683. The highest BCUT2D eigenvalue weighted by Gasteiger charge is 2.48. The Morgan fingerprint density at radius 1 is 1.16 bits per heavy atom. The van der Waals surface area contributed by atoms with E-state index in [9.17, 15) is 18.0 Å². The first-order valence-corrected chi connectivity index (χ1v) is 11.2. The summed E-state index contributed by atoms with van der Waals surface area (Å²) in [6.07, 6.45) is -0.175. The lowest BCUT2D eigenvalue weighted by molar-refractivity contribution is -0.288. The van der Waals surface area contributed by atoms with Crippen molar-refractivity contribution >= 4 is 44.9 Å². The molecule has 166 valence electrons. The minimum atomic E-state index is -4.18. The molecule has 9 nitrogen and oxygen atoms in total. The molecule has 31 heavy (non-hydrogen) atoms. The minimum Gasteiger partial charge on any atom is -0.489 e. The number of amides is 1. The zero-order valence-corrected chi connectivity index (χ0v) is 18.1. The maximum Gasteiger partial charge on any atom is 0.320 e. The summed E-state index contributed by atoms with van der Waals surface area (Å²) in [4.78, 5) is 23.7. The molecule has 12 heteroatoms. The lowest BCUT2D eigenvalue weighted by Gasteiger charge is -2.29. The van der Waals surface area contributed by atoms with Crippen LogP contribution >= 0.6 is 23.2 Å². The first-order chi connectivity index (χ1) is 14.6. The molecule has 1 fully saturated rings. The van der Waals surface area contributed by atoms with Crippen molar-refractivity contribution in [1.29, 1.82) is 0 Å². The molecule has 0 aromatic heterocycles. The van der Waals surface area contributed by atoms with Gasteiger partial charge in [-0.15, -0.1) is 0 Å². The smallest absolute Gasteiger partial charge is 0.320 e. The van der Waals surface area contributed by atoms with Gasteiger partial charge in [-0.1, -0.05) is 34.5 Å². The molecule has 1 saturated heterocycles. The average molecular weight is 490 g/mol. The van der Waals surface area contributed by atoms with E-state index in [0.717, 1.165) is 0 Å². The minimum absolute atomic E-state index is 0.121. The maximum atomic E-state index is 13.0. The van der Waals surface area contributed by atoms with Crippen LogP contribution in [0.15, 0.2) is 47.4 Å². The highest BCUT2D eigenvalue weighted by molar-refractivity contribution is 7.92. The number of cyclic esters (lactones) is 1. The van der Waals surface area contributed by atoms with Gasteiger partial charge in [-0.3, -0.25) is 20.0 Å². The molecule has 0 aliphatic carbocycles. The summed E-state index contributed by atoms with van der Waals surface area (Å²) in [6.45, 7) is -0.0949. The Hall–Kier alpha value is -2.37. The van der Waals surface area contributed by atoms with Crippen LogP contribution in [0.5, 0.6) is 5.75 Å². The SMILES string of the molecule is O=C1OCCC(S(=O)(=O)c2ccc(OCc3ccc(Cl)cc3Cl)cc2)C1C(=O)N(O)O. The van der Waals surface area contributed by atoms with E-state index >= 15 is 0 Å². The van der Waals surface area contributed by atoms with Gasteiger partial charge in [0.2, 0.25) is 0 Å². The van der Waals surface area contributed by atoms with Crippen molar-refractivity contribution in [1.82, 2.24) is 5.23 Å². The Morgan fingerprint density at radius 2 is 1.84 bits per heavy atom. The van der Waals surface area contributed by atoms with E-state index in [1.807, 2.05) is 0 Å². The summed E-state index contributed by atoms with van der Waals surface area (Å²) >= 11 is 11.9. The van der Waals surface area contributed by atoms with Crippen LogP contribution in [0.2, 0.25) is 10.0 Å². The number of carbonyl (C=O) groups excluding carboxylic acids is 2. The zero-order valence-electron chi connectivity index (χ0n) is 15.8. The molecule has 2 N–H and O–H groups in total. The molecule has 0 bridgehead atoms. The van der Waals surface area contributed by atoms with E-state index in [4.69, 9.17) is 43.1 Å². The zero-order chi connectivity index (χ0) is 22.8. The van der Waals surface area contributed by atoms with Gasteiger partial charge < -0.3 is 9.47 Å². The van der Waals surface area contributed by atoms with Gasteiger partial charge in [-0.2, -0.15) is 0 Å². The average Bonchev–Trinajstić information content (AvgIpc) is 2.72. The van der Waals surface area contributed by atoms with Crippen LogP contribution in [-0.4, -0.2) is 47.8 Å². The van der Waals surface area contributed by atoms with Gasteiger partial charge in [-0.25, -0.2) is 8.42 Å². The number of carbonyl (C=O) groups is 2. The second-order valence-corrected chi connectivity index (χ2v) is 9.65. The molecule has 0 radical (unpaired) electrons. The fourth-order valence-electron chi connectivity index (χ4n) is 3.10. The van der Waals surface area contributed by atoms with Crippen LogP contribution in [-0.2, 0) is 30.8 Å². The molecule has 1 amide bonds. The highest BCUT2D eigenvalue weighted by Crippen LogP contribution is 2.31. The molecular weight excluding hydrogens is 473 g/mol. The summed E-state index contributed by atoms with van der Waals surface area (Å²) in [5.74, 6) is -4.16. The molecule has 1 aliphatic heterocycles. The third-order valence-electron chi connectivity index (χ3n) is 4.70. The van der Waals surface area contributed by atoms with Gasteiger partial charge in [0.15, 0.2) is 15.8 Å². The second-order valence-electron chi connectivity index (χ2n) is 6.64. The normalized spacial score (nSPS) is 18.9. The van der Waals surface area contributed by atoms with Crippen LogP contribution < -0.4 is 4.74 Å². The number of hydroxylamine groups is 2. The molecule has 0 spiro atoms. The fraction of sp³-hybridized carbons (Fsp3) is 0.263. The molecule has 0 saturated carbocycles. The lowest BCUT2D eigenvalue weighted by atomic mass is 10.00. The lowest BCUT2D eigenvalue weighted by Crippen LogP contribution is -2.49. The Kier molecular flexibility index (Phi) is 7.07. The number of sulfone groups is 1. The third kappa shape index (κ3) is 5.10. The van der Waals surface area contributed by atoms with Crippen LogP contribution in [0.3, 0.4) is 0 Å². The number of benzene rings is 2. The van der Waals surface area contributed by atoms with E-state index < -0.39 is 38.1 Å². The Bertz CT molecular complexity index is 1090. The number of ether oxygens (including phenoxy) is 2. The predicted molar refractivity (Wildman–Crippen MR) is 108 cm³/mol. The molecular formula is C19H17Cl2NO8S. The number of hydrogen-bond donors (Lipinski definition) is 2. The highest BCUT2D eigenvalue weighted by atomic mass is 35.5. The van der Waals surface area contributed by atoms with E-state index in [2.05, 4.69) is 0 Å². The van der Waals surface area contributed by atoms with Crippen LogP contribution in [0, 0.1) is 5.92 Å². The van der Waals surface area contributed by atoms with E-state index in [1.165, 1.54) is 24.3 Å². The van der Waals surface area contributed by atoms with Crippen molar-refractivity contribution in [2.75, 3.05) is 6.61 Å². The number of esters is 1. The number of nitrogens with zero attached hydrogens (tertiary/aromatic N) is 1. The third-order valence-corrected chi connectivity index (χ3v) is 7.52. The van der Waals surface area contributed by atoms with Gasteiger partial charge in [0.1, 0.15) is 12.4 Å². The monoisotopic (exact) mass is 489 g/mol. The van der Waals surface area contributed by atoms with Crippen molar-refractivity contribution in [2.45, 2.75) is 23.2 Å². The van der Waals surface area contributed by atoms with Crippen LogP contribution in [0.4, 0.5) is 0 Å². The van der Waals surface area contributed by atoms with E-state index in [1.54, 1.807) is 18.2 Å². The molecule has 3 rings (SSSR count). The van der Waals surface area contributed by atoms with Crippen molar-refractivity contribution in [3.05, 3.63) is 58.1 Å². The van der Waals surface area contributed by atoms with Gasteiger partial charge in [0.25, 0.3) is 5.91 Å². The molecule has 1 heterocycles. The maximum absolute atomic E-state index is 13.0. The van der Waals surface area contributed by atoms with Crippen molar-refractivity contribution in [3.63, 3.8) is 0 Å². The van der Waals surface area contributed by atoms with Crippen molar-refractivity contribution in [2.24, 2.45) is 5.92 Å². The second kappa shape index (κ2) is 9.41. The van der Waals surface area contributed by atoms with E-state index in [0.29, 0.717) is 21.4 Å². The predicted octanol–water partition coefficient (Wildman–Crippen LogP) is 2.88. The molecule has 2 atom stereocenters. The fourth-order valence-corrected chi connectivity index (χ4v) is 5.42. The Morgan fingerprint density at radius 3 is 2.45 bits per heavy atom. The Balaban J connectivity index is 1.78. The van der Waals surface area contributed by atoms with Gasteiger partial charge in [0, 0.05) is 22.0 Å². The molecule has 2 aromatic carbocycles. The number of hydrogen-bond acceptors (Lipinski definition) is 8. The molecule has 1 aliphatic rings. The van der Waals surface area contributed by atoms with E-state index in [-0.39, 0.29) is 24.5 Å². The van der Waals surface area contributed by atoms with Gasteiger partial charge in [-0.05, 0) is 36.4 Å². The van der Waals surface area contributed by atoms with Crippen LogP contribution in [0.25, 0.3) is 0 Å². The quantitative estimate of drug-likeness (QED) is 0.274. The van der Waals surface area contributed by atoms with Crippen LogP contribution in [0.1, 0.15) is 12.0 Å². The van der Waals surface area contributed by atoms with Crippen molar-refractivity contribution in [3.8, 4) is 5.75 Å². The largest absolute Gasteiger partial charge is 0.489 e. The van der Waals surface area contributed by atoms with Crippen molar-refractivity contribution < 1.29 is 37.9 Å². The number of rotatable bonds is 6. The summed E-state index contributed by atoms with van der Waals surface area (Å²) in [7, 11) is -4.18. The van der Waals surface area contributed by atoms with Gasteiger partial charge >= 0.3 is 5.97 Å². The summed E-state index contributed by atoms with van der Waals surface area (Å²) in [5, 5.41) is 16.5. The molecule has 2 aromatic rings. The topological polar surface area (TPSA) is 130 Å².